The number of anilines is 1. The van der Waals surface area contributed by atoms with Gasteiger partial charge in [0, 0.05) is 25.3 Å². The van der Waals surface area contributed by atoms with E-state index in [1.54, 1.807) is 0 Å². The van der Waals surface area contributed by atoms with Crippen LogP contribution in [-0.2, 0) is 6.54 Å². The van der Waals surface area contributed by atoms with E-state index >= 15 is 0 Å². The average Bonchev–Trinajstić information content (AvgIpc) is 2.46. The Balaban J connectivity index is 1.83. The highest BCUT2D eigenvalue weighted by atomic mass is 15.1. The molecule has 2 aliphatic rings. The first-order valence-electron chi connectivity index (χ1n) is 7.83. The molecule has 2 unspecified atom stereocenters. The second-order valence-corrected chi connectivity index (χ2v) is 6.33. The molecule has 3 rings (SSSR count). The van der Waals surface area contributed by atoms with Crippen molar-refractivity contribution in [1.29, 1.82) is 0 Å². The second kappa shape index (κ2) is 5.54. The molecule has 1 aromatic carbocycles. The van der Waals surface area contributed by atoms with Crippen molar-refractivity contribution in [3.8, 4) is 0 Å². The predicted molar refractivity (Wildman–Crippen MR) is 81.3 cm³/mol. The third-order valence-corrected chi connectivity index (χ3v) is 5.15. The maximum absolute atomic E-state index is 5.93. The van der Waals surface area contributed by atoms with E-state index in [1.807, 2.05) is 0 Å². The SMILES string of the molecule is Cc1cccc(CN)c1N1CCC2CCCCC2C1. The van der Waals surface area contributed by atoms with Gasteiger partial charge in [-0.25, -0.2) is 0 Å². The van der Waals surface area contributed by atoms with Crippen molar-refractivity contribution in [3.63, 3.8) is 0 Å². The van der Waals surface area contributed by atoms with E-state index < -0.39 is 0 Å². The third kappa shape index (κ3) is 2.51. The minimum absolute atomic E-state index is 0.654. The molecule has 1 aromatic rings. The molecule has 0 aromatic heterocycles. The van der Waals surface area contributed by atoms with Gasteiger partial charge in [-0.05, 0) is 42.7 Å². The van der Waals surface area contributed by atoms with Crippen LogP contribution in [0.1, 0.15) is 43.2 Å². The summed E-state index contributed by atoms with van der Waals surface area (Å²) in [7, 11) is 0. The third-order valence-electron chi connectivity index (χ3n) is 5.15. The van der Waals surface area contributed by atoms with Gasteiger partial charge in [-0.1, -0.05) is 37.5 Å². The Labute approximate surface area is 117 Å². The molecule has 104 valence electrons. The lowest BCUT2D eigenvalue weighted by Gasteiger charge is -2.43. The summed E-state index contributed by atoms with van der Waals surface area (Å²) < 4.78 is 0. The van der Waals surface area contributed by atoms with Crippen LogP contribution in [0.3, 0.4) is 0 Å². The predicted octanol–water partition coefficient (Wildman–Crippen LogP) is 3.47. The van der Waals surface area contributed by atoms with Crippen molar-refractivity contribution < 1.29 is 0 Å². The van der Waals surface area contributed by atoms with Crippen LogP contribution >= 0.6 is 0 Å². The highest BCUT2D eigenvalue weighted by Crippen LogP contribution is 2.38. The first kappa shape index (κ1) is 13.0. The molecule has 2 nitrogen and oxygen atoms in total. The van der Waals surface area contributed by atoms with Gasteiger partial charge in [-0.3, -0.25) is 0 Å². The van der Waals surface area contributed by atoms with Crippen molar-refractivity contribution in [2.75, 3.05) is 18.0 Å². The fourth-order valence-electron chi connectivity index (χ4n) is 4.14. The summed E-state index contributed by atoms with van der Waals surface area (Å²) in [5.41, 5.74) is 10.1. The highest BCUT2D eigenvalue weighted by molar-refractivity contribution is 5.59. The Morgan fingerprint density at radius 2 is 1.95 bits per heavy atom. The number of rotatable bonds is 2. The van der Waals surface area contributed by atoms with Crippen LogP contribution in [0.2, 0.25) is 0 Å². The zero-order chi connectivity index (χ0) is 13.2. The lowest BCUT2D eigenvalue weighted by Crippen LogP contribution is -2.42. The molecule has 2 fully saturated rings. The molecule has 0 bridgehead atoms. The fraction of sp³-hybridized carbons (Fsp3) is 0.647. The number of para-hydroxylation sites is 1. The number of hydrogen-bond donors (Lipinski definition) is 1. The minimum atomic E-state index is 0.654. The zero-order valence-corrected chi connectivity index (χ0v) is 12.1. The second-order valence-electron chi connectivity index (χ2n) is 6.33. The van der Waals surface area contributed by atoms with Crippen LogP contribution in [0.5, 0.6) is 0 Å². The number of nitrogens with zero attached hydrogens (tertiary/aromatic N) is 1. The van der Waals surface area contributed by atoms with Gasteiger partial charge in [0.05, 0.1) is 0 Å². The summed E-state index contributed by atoms with van der Waals surface area (Å²) in [6, 6.07) is 6.55. The number of fused-ring (bicyclic) bond motifs is 1. The average molecular weight is 258 g/mol. The summed E-state index contributed by atoms with van der Waals surface area (Å²) >= 11 is 0. The van der Waals surface area contributed by atoms with E-state index in [0.29, 0.717) is 6.54 Å². The topological polar surface area (TPSA) is 29.3 Å². The molecule has 1 heterocycles. The summed E-state index contributed by atoms with van der Waals surface area (Å²) in [6.45, 7) is 5.35. The van der Waals surface area contributed by atoms with Gasteiger partial charge in [0.25, 0.3) is 0 Å². The Morgan fingerprint density at radius 3 is 2.74 bits per heavy atom. The molecular weight excluding hydrogens is 232 g/mol. The van der Waals surface area contributed by atoms with Gasteiger partial charge in [0.2, 0.25) is 0 Å². The molecule has 1 saturated carbocycles. The minimum Gasteiger partial charge on any atom is -0.371 e. The summed E-state index contributed by atoms with van der Waals surface area (Å²) in [4.78, 5) is 2.62. The number of benzene rings is 1. The van der Waals surface area contributed by atoms with Gasteiger partial charge >= 0.3 is 0 Å². The van der Waals surface area contributed by atoms with E-state index in [0.717, 1.165) is 11.8 Å². The van der Waals surface area contributed by atoms with E-state index in [-0.39, 0.29) is 0 Å². The molecule has 1 aliphatic carbocycles. The quantitative estimate of drug-likeness (QED) is 0.880. The first-order chi connectivity index (χ1) is 9.29. The van der Waals surface area contributed by atoms with E-state index in [9.17, 15) is 0 Å². The number of piperidine rings is 1. The molecule has 19 heavy (non-hydrogen) atoms. The van der Waals surface area contributed by atoms with Crippen LogP contribution in [0, 0.1) is 18.8 Å². The van der Waals surface area contributed by atoms with Crippen LogP contribution in [-0.4, -0.2) is 13.1 Å². The monoisotopic (exact) mass is 258 g/mol. The van der Waals surface area contributed by atoms with Gasteiger partial charge in [0.15, 0.2) is 0 Å². The molecule has 0 radical (unpaired) electrons. The number of aryl methyl sites for hydroxylation is 1. The molecule has 0 spiro atoms. The largest absolute Gasteiger partial charge is 0.371 e. The standard InChI is InChI=1S/C17H26N2/c1-13-5-4-8-15(11-18)17(13)19-10-9-14-6-2-3-7-16(14)12-19/h4-5,8,14,16H,2-3,6-7,9-12,18H2,1H3. The lowest BCUT2D eigenvalue weighted by atomic mass is 9.75. The molecule has 2 atom stereocenters. The summed E-state index contributed by atoms with van der Waals surface area (Å²) in [5.74, 6) is 1.92. The Hall–Kier alpha value is -1.02. The van der Waals surface area contributed by atoms with Gasteiger partial charge in [-0.2, -0.15) is 0 Å². The Bertz CT molecular complexity index is 441. The van der Waals surface area contributed by atoms with Crippen LogP contribution in [0.4, 0.5) is 5.69 Å². The van der Waals surface area contributed by atoms with Crippen LogP contribution in [0.25, 0.3) is 0 Å². The van der Waals surface area contributed by atoms with Gasteiger partial charge < -0.3 is 10.6 Å². The van der Waals surface area contributed by atoms with Crippen molar-refractivity contribution in [2.45, 2.75) is 45.6 Å². The molecule has 1 aliphatic heterocycles. The lowest BCUT2D eigenvalue weighted by molar-refractivity contribution is 0.202. The number of hydrogen-bond acceptors (Lipinski definition) is 2. The zero-order valence-electron chi connectivity index (χ0n) is 12.1. The van der Waals surface area contributed by atoms with E-state index in [2.05, 4.69) is 30.0 Å². The maximum atomic E-state index is 5.93. The highest BCUT2D eigenvalue weighted by Gasteiger charge is 2.31. The molecule has 2 heteroatoms. The first-order valence-corrected chi connectivity index (χ1v) is 7.83. The molecule has 0 amide bonds. The molecule has 1 saturated heterocycles. The summed E-state index contributed by atoms with van der Waals surface area (Å²) in [6.07, 6.45) is 7.18. The molecule has 2 N–H and O–H groups in total. The van der Waals surface area contributed by atoms with Crippen molar-refractivity contribution in [3.05, 3.63) is 29.3 Å². The smallest absolute Gasteiger partial charge is 0.0441 e. The fourth-order valence-corrected chi connectivity index (χ4v) is 4.14. The van der Waals surface area contributed by atoms with Crippen LogP contribution in [0.15, 0.2) is 18.2 Å². The van der Waals surface area contributed by atoms with Gasteiger partial charge in [-0.15, -0.1) is 0 Å². The Morgan fingerprint density at radius 1 is 1.16 bits per heavy atom. The van der Waals surface area contributed by atoms with Crippen LogP contribution < -0.4 is 10.6 Å². The molecular formula is C17H26N2. The normalized spacial score (nSPS) is 27.2. The summed E-state index contributed by atoms with van der Waals surface area (Å²) in [5, 5.41) is 0. The van der Waals surface area contributed by atoms with E-state index in [4.69, 9.17) is 5.73 Å². The van der Waals surface area contributed by atoms with Crippen molar-refractivity contribution >= 4 is 5.69 Å². The maximum Gasteiger partial charge on any atom is 0.0441 e. The van der Waals surface area contributed by atoms with Gasteiger partial charge in [0.1, 0.15) is 0 Å². The van der Waals surface area contributed by atoms with E-state index in [1.165, 1.54) is 62.0 Å². The van der Waals surface area contributed by atoms with Crippen molar-refractivity contribution in [1.82, 2.24) is 0 Å². The van der Waals surface area contributed by atoms with Crippen molar-refractivity contribution in [2.24, 2.45) is 17.6 Å². The number of nitrogens with two attached hydrogens (primary N) is 1. The Kier molecular flexibility index (Phi) is 3.79.